The average Bonchev–Trinajstić information content (AvgIpc) is 1.61. The Morgan fingerprint density at radius 3 is 1.43 bits per heavy atom. The Bertz CT molecular complexity index is 40.1. The quantitative estimate of drug-likeness (QED) is 0.359. The van der Waals surface area contributed by atoms with Gasteiger partial charge in [-0.25, -0.2) is 0 Å². The molecule has 0 fully saturated rings. The predicted molar refractivity (Wildman–Crippen MR) is 29.6 cm³/mol. The van der Waals surface area contributed by atoms with Crippen molar-refractivity contribution in [2.75, 3.05) is 0 Å². The molecule has 0 aliphatic heterocycles. The van der Waals surface area contributed by atoms with E-state index in [1.54, 1.807) is 0 Å². The summed E-state index contributed by atoms with van der Waals surface area (Å²) in [5, 5.41) is 0. The van der Waals surface area contributed by atoms with Crippen LogP contribution in [0, 0.1) is 0 Å². The SMILES string of the molecule is C=CCCC=C.[Rh+2]. The van der Waals surface area contributed by atoms with Crippen molar-refractivity contribution < 1.29 is 19.5 Å². The van der Waals surface area contributed by atoms with Crippen molar-refractivity contribution in [3.05, 3.63) is 25.3 Å². The fourth-order valence-corrected chi connectivity index (χ4v) is 0.236. The molecule has 1 radical (unpaired) electrons. The maximum Gasteiger partial charge on any atom is 2.00 e. The van der Waals surface area contributed by atoms with Crippen molar-refractivity contribution in [2.24, 2.45) is 0 Å². The largest absolute Gasteiger partial charge is 2.00 e. The maximum atomic E-state index is 3.55. The zero-order chi connectivity index (χ0) is 4.83. The monoisotopic (exact) mass is 185 g/mol. The molecule has 0 aromatic heterocycles. The number of hydrogen-bond donors (Lipinski definition) is 0. The van der Waals surface area contributed by atoms with Crippen LogP contribution in [0.3, 0.4) is 0 Å². The standard InChI is InChI=1S/C6H10.Rh/c1-3-5-6-4-2;/h3-4H,1-2,5-6H2;/q;+2. The minimum atomic E-state index is 0. The van der Waals surface area contributed by atoms with Gasteiger partial charge in [-0.15, -0.1) is 13.2 Å². The minimum absolute atomic E-state index is 0. The van der Waals surface area contributed by atoms with E-state index in [4.69, 9.17) is 0 Å². The first kappa shape index (κ1) is 10.2. The number of allylic oxidation sites excluding steroid dienone is 2. The molecular weight excluding hydrogens is 175 g/mol. The van der Waals surface area contributed by atoms with Crippen LogP contribution in [0.25, 0.3) is 0 Å². The second kappa shape index (κ2) is 9.44. The van der Waals surface area contributed by atoms with E-state index in [1.807, 2.05) is 12.2 Å². The Kier molecular flexibility index (Phi) is 13.7. The summed E-state index contributed by atoms with van der Waals surface area (Å²) >= 11 is 0. The molecule has 0 nitrogen and oxygen atoms in total. The Labute approximate surface area is 58.1 Å². The second-order valence-electron chi connectivity index (χ2n) is 1.15. The van der Waals surface area contributed by atoms with Crippen LogP contribution >= 0.6 is 0 Å². The molecule has 0 saturated heterocycles. The fourth-order valence-electron chi connectivity index (χ4n) is 0.236. The molecule has 0 aromatic carbocycles. The van der Waals surface area contributed by atoms with Crippen LogP contribution < -0.4 is 0 Å². The van der Waals surface area contributed by atoms with Gasteiger partial charge in [-0.3, -0.25) is 0 Å². The van der Waals surface area contributed by atoms with Gasteiger partial charge in [-0.1, -0.05) is 12.2 Å². The summed E-state index contributed by atoms with van der Waals surface area (Å²) in [5.74, 6) is 0. The summed E-state index contributed by atoms with van der Waals surface area (Å²) in [7, 11) is 0. The fraction of sp³-hybridized carbons (Fsp3) is 0.333. The van der Waals surface area contributed by atoms with Crippen LogP contribution in [0.1, 0.15) is 12.8 Å². The zero-order valence-corrected chi connectivity index (χ0v) is 5.96. The molecule has 0 rings (SSSR count). The van der Waals surface area contributed by atoms with Gasteiger partial charge in [0.15, 0.2) is 0 Å². The molecule has 0 atom stereocenters. The Morgan fingerprint density at radius 1 is 1.00 bits per heavy atom. The van der Waals surface area contributed by atoms with E-state index in [0.717, 1.165) is 12.8 Å². The molecule has 7 heavy (non-hydrogen) atoms. The van der Waals surface area contributed by atoms with Crippen LogP contribution in [0.5, 0.6) is 0 Å². The van der Waals surface area contributed by atoms with Gasteiger partial charge >= 0.3 is 19.5 Å². The molecule has 0 aliphatic carbocycles. The van der Waals surface area contributed by atoms with Gasteiger partial charge in [-0.05, 0) is 12.8 Å². The summed E-state index contributed by atoms with van der Waals surface area (Å²) in [4.78, 5) is 0. The number of unbranched alkanes of at least 4 members (excludes halogenated alkanes) is 1. The molecular formula is C6H10Rh+2. The molecule has 41 valence electrons. The molecule has 0 aliphatic rings. The Morgan fingerprint density at radius 2 is 1.29 bits per heavy atom. The first-order valence-corrected chi connectivity index (χ1v) is 2.13. The van der Waals surface area contributed by atoms with E-state index < -0.39 is 0 Å². The van der Waals surface area contributed by atoms with Crippen molar-refractivity contribution in [2.45, 2.75) is 12.8 Å². The maximum absolute atomic E-state index is 3.55. The Balaban J connectivity index is 0. The first-order valence-electron chi connectivity index (χ1n) is 2.13. The minimum Gasteiger partial charge on any atom is -0.103 e. The first-order chi connectivity index (χ1) is 2.91. The third kappa shape index (κ3) is 10.7. The molecule has 0 N–H and O–H groups in total. The van der Waals surface area contributed by atoms with Gasteiger partial charge in [0, 0.05) is 0 Å². The average molecular weight is 185 g/mol. The van der Waals surface area contributed by atoms with Gasteiger partial charge in [0.2, 0.25) is 0 Å². The molecule has 0 heterocycles. The van der Waals surface area contributed by atoms with Crippen LogP contribution in [0.4, 0.5) is 0 Å². The normalized spacial score (nSPS) is 6.29. The van der Waals surface area contributed by atoms with E-state index in [2.05, 4.69) is 13.2 Å². The predicted octanol–water partition coefficient (Wildman–Crippen LogP) is 2.14. The Hall–Kier alpha value is 0.103. The number of hydrogen-bond acceptors (Lipinski definition) is 0. The van der Waals surface area contributed by atoms with Crippen LogP contribution in [0.2, 0.25) is 0 Å². The van der Waals surface area contributed by atoms with E-state index in [9.17, 15) is 0 Å². The molecule has 1 heteroatoms. The van der Waals surface area contributed by atoms with Gasteiger partial charge < -0.3 is 0 Å². The molecule has 0 bridgehead atoms. The van der Waals surface area contributed by atoms with Gasteiger partial charge in [0.25, 0.3) is 0 Å². The molecule has 0 aromatic rings. The number of rotatable bonds is 3. The van der Waals surface area contributed by atoms with E-state index in [-0.39, 0.29) is 19.5 Å². The van der Waals surface area contributed by atoms with Crippen molar-refractivity contribution in [1.82, 2.24) is 0 Å². The van der Waals surface area contributed by atoms with Gasteiger partial charge in [0.05, 0.1) is 0 Å². The van der Waals surface area contributed by atoms with Crippen LogP contribution in [-0.2, 0) is 19.5 Å². The molecule has 0 unspecified atom stereocenters. The topological polar surface area (TPSA) is 0 Å². The summed E-state index contributed by atoms with van der Waals surface area (Å²) < 4.78 is 0. The third-order valence-corrected chi connectivity index (χ3v) is 0.575. The second-order valence-corrected chi connectivity index (χ2v) is 1.15. The molecule has 0 saturated carbocycles. The third-order valence-electron chi connectivity index (χ3n) is 0.575. The summed E-state index contributed by atoms with van der Waals surface area (Å²) in [6.45, 7) is 7.10. The van der Waals surface area contributed by atoms with Crippen molar-refractivity contribution in [1.29, 1.82) is 0 Å². The smallest absolute Gasteiger partial charge is 0.103 e. The summed E-state index contributed by atoms with van der Waals surface area (Å²) in [6.07, 6.45) is 5.90. The summed E-state index contributed by atoms with van der Waals surface area (Å²) in [6, 6.07) is 0. The van der Waals surface area contributed by atoms with Crippen LogP contribution in [-0.4, -0.2) is 0 Å². The van der Waals surface area contributed by atoms with Gasteiger partial charge in [0.1, 0.15) is 0 Å². The van der Waals surface area contributed by atoms with Crippen molar-refractivity contribution in [3.63, 3.8) is 0 Å². The zero-order valence-electron chi connectivity index (χ0n) is 4.32. The van der Waals surface area contributed by atoms with E-state index >= 15 is 0 Å². The molecule has 0 amide bonds. The van der Waals surface area contributed by atoms with Crippen LogP contribution in [0.15, 0.2) is 25.3 Å². The van der Waals surface area contributed by atoms with E-state index in [0.29, 0.717) is 0 Å². The van der Waals surface area contributed by atoms with E-state index in [1.165, 1.54) is 0 Å². The van der Waals surface area contributed by atoms with Gasteiger partial charge in [-0.2, -0.15) is 0 Å². The van der Waals surface area contributed by atoms with Crippen molar-refractivity contribution >= 4 is 0 Å². The molecule has 0 spiro atoms. The summed E-state index contributed by atoms with van der Waals surface area (Å²) in [5.41, 5.74) is 0. The van der Waals surface area contributed by atoms with Crippen molar-refractivity contribution in [3.8, 4) is 0 Å².